The van der Waals surface area contributed by atoms with Gasteiger partial charge in [0.25, 0.3) is 0 Å². The first-order valence-electron chi connectivity index (χ1n) is 8.04. The van der Waals surface area contributed by atoms with Crippen LogP contribution < -0.4 is 5.32 Å². The van der Waals surface area contributed by atoms with Crippen LogP contribution in [0, 0.1) is 0 Å². The summed E-state index contributed by atoms with van der Waals surface area (Å²) in [4.78, 5) is 10.8. The minimum atomic E-state index is 0.707. The molecular weight excluding hydrogens is 278 g/mol. The molecule has 0 unspecified atom stereocenters. The summed E-state index contributed by atoms with van der Waals surface area (Å²) in [6.45, 7) is 0.987. The maximum Gasteiger partial charge on any atom is 0.142 e. The van der Waals surface area contributed by atoms with E-state index >= 15 is 0 Å². The molecule has 4 rings (SSSR count). The number of rotatable bonds is 5. The molecule has 2 aliphatic rings. The van der Waals surface area contributed by atoms with Gasteiger partial charge < -0.3 is 5.32 Å². The van der Waals surface area contributed by atoms with Gasteiger partial charge in [0.2, 0.25) is 0 Å². The summed E-state index contributed by atoms with van der Waals surface area (Å²) in [5.74, 6) is 0.707. The summed E-state index contributed by atoms with van der Waals surface area (Å²) in [6.07, 6.45) is 9.91. The van der Waals surface area contributed by atoms with E-state index in [1.54, 1.807) is 0 Å². The number of nitrogens with one attached hydrogen (secondary N) is 1. The van der Waals surface area contributed by atoms with Crippen LogP contribution in [0.5, 0.6) is 0 Å². The third-order valence-corrected chi connectivity index (χ3v) is 5.58. The van der Waals surface area contributed by atoms with E-state index in [1.807, 2.05) is 29.7 Å². The van der Waals surface area contributed by atoms with E-state index in [0.29, 0.717) is 5.92 Å². The van der Waals surface area contributed by atoms with Crippen molar-refractivity contribution in [2.45, 2.75) is 57.0 Å². The summed E-state index contributed by atoms with van der Waals surface area (Å²) in [6, 6.07) is 6.78. The zero-order chi connectivity index (χ0) is 14.1. The van der Waals surface area contributed by atoms with Crippen LogP contribution in [-0.4, -0.2) is 16.0 Å². The molecule has 0 aliphatic heterocycles. The van der Waals surface area contributed by atoms with Crippen LogP contribution >= 0.6 is 11.3 Å². The van der Waals surface area contributed by atoms with Gasteiger partial charge in [0.05, 0.1) is 11.4 Å². The van der Waals surface area contributed by atoms with Gasteiger partial charge in [-0.25, -0.2) is 4.98 Å². The van der Waals surface area contributed by atoms with Crippen LogP contribution in [0.3, 0.4) is 0 Å². The fraction of sp³-hybridized carbons (Fsp3) is 0.529. The molecule has 2 aromatic rings. The molecule has 2 fully saturated rings. The topological polar surface area (TPSA) is 37.8 Å². The largest absolute Gasteiger partial charge is 0.309 e. The Morgan fingerprint density at radius 3 is 2.71 bits per heavy atom. The van der Waals surface area contributed by atoms with Gasteiger partial charge in [0, 0.05) is 29.6 Å². The molecule has 2 aliphatic carbocycles. The Morgan fingerprint density at radius 1 is 1.14 bits per heavy atom. The van der Waals surface area contributed by atoms with Crippen LogP contribution in [0.15, 0.2) is 24.4 Å². The van der Waals surface area contributed by atoms with Crippen LogP contribution in [0.2, 0.25) is 0 Å². The molecule has 2 aromatic heterocycles. The number of hydrogen-bond acceptors (Lipinski definition) is 4. The fourth-order valence-electron chi connectivity index (χ4n) is 3.13. The molecule has 3 nitrogen and oxygen atoms in total. The van der Waals surface area contributed by atoms with E-state index in [-0.39, 0.29) is 0 Å². The second-order valence-electron chi connectivity index (χ2n) is 6.18. The summed E-state index contributed by atoms with van der Waals surface area (Å²) in [5, 5.41) is 4.82. The monoisotopic (exact) mass is 299 g/mol. The number of nitrogens with zero attached hydrogens (tertiary/aromatic N) is 2. The molecular formula is C17H21N3S. The first-order valence-corrected chi connectivity index (χ1v) is 8.86. The van der Waals surface area contributed by atoms with Crippen molar-refractivity contribution >= 4 is 11.3 Å². The molecule has 0 radical (unpaired) electrons. The van der Waals surface area contributed by atoms with E-state index in [2.05, 4.69) is 16.4 Å². The Morgan fingerprint density at radius 2 is 2.00 bits per heavy atom. The van der Waals surface area contributed by atoms with Gasteiger partial charge in [-0.3, -0.25) is 4.98 Å². The molecule has 2 saturated carbocycles. The molecule has 21 heavy (non-hydrogen) atoms. The van der Waals surface area contributed by atoms with Crippen LogP contribution in [0.1, 0.15) is 55.0 Å². The first kappa shape index (κ1) is 13.4. The van der Waals surface area contributed by atoms with Crippen LogP contribution in [0.4, 0.5) is 0 Å². The molecule has 0 spiro atoms. The lowest BCUT2D eigenvalue weighted by Crippen LogP contribution is -2.25. The highest BCUT2D eigenvalue weighted by Crippen LogP contribution is 2.44. The molecule has 0 saturated heterocycles. The molecule has 0 amide bonds. The van der Waals surface area contributed by atoms with Gasteiger partial charge in [0.1, 0.15) is 5.01 Å². The van der Waals surface area contributed by atoms with Crippen molar-refractivity contribution in [1.82, 2.24) is 15.3 Å². The van der Waals surface area contributed by atoms with Gasteiger partial charge in [-0.15, -0.1) is 11.3 Å². The van der Waals surface area contributed by atoms with Gasteiger partial charge in [-0.2, -0.15) is 0 Å². The minimum absolute atomic E-state index is 0.707. The first-order chi connectivity index (χ1) is 10.4. The van der Waals surface area contributed by atoms with Crippen molar-refractivity contribution < 1.29 is 0 Å². The van der Waals surface area contributed by atoms with Crippen LogP contribution in [-0.2, 0) is 6.54 Å². The summed E-state index contributed by atoms with van der Waals surface area (Å²) in [5.41, 5.74) is 2.35. The average Bonchev–Trinajstić information content (AvgIpc) is 3.08. The van der Waals surface area contributed by atoms with Gasteiger partial charge in [0.15, 0.2) is 0 Å². The Hall–Kier alpha value is -1.26. The van der Waals surface area contributed by atoms with Gasteiger partial charge in [-0.05, 0) is 37.8 Å². The second kappa shape index (κ2) is 5.85. The summed E-state index contributed by atoms with van der Waals surface area (Å²) >= 11 is 1.83. The lowest BCUT2D eigenvalue weighted by Gasteiger charge is -2.11. The second-order valence-corrected chi connectivity index (χ2v) is 7.26. The average molecular weight is 299 g/mol. The predicted octanol–water partition coefficient (Wildman–Crippen LogP) is 4.11. The molecule has 110 valence electrons. The van der Waals surface area contributed by atoms with Gasteiger partial charge >= 0.3 is 0 Å². The highest BCUT2D eigenvalue weighted by atomic mass is 32.1. The minimum Gasteiger partial charge on any atom is -0.309 e. The zero-order valence-electron chi connectivity index (χ0n) is 12.2. The van der Waals surface area contributed by atoms with E-state index in [4.69, 9.17) is 4.98 Å². The highest BCUT2D eigenvalue weighted by molar-refractivity contribution is 7.15. The number of hydrogen-bond donors (Lipinski definition) is 1. The highest BCUT2D eigenvalue weighted by Gasteiger charge is 2.30. The molecule has 0 bridgehead atoms. The Bertz CT molecular complexity index is 598. The lowest BCUT2D eigenvalue weighted by atomic mass is 10.2. The van der Waals surface area contributed by atoms with Crippen molar-refractivity contribution in [3.63, 3.8) is 0 Å². The van der Waals surface area contributed by atoms with E-state index < -0.39 is 0 Å². The van der Waals surface area contributed by atoms with Crippen molar-refractivity contribution in [1.29, 1.82) is 0 Å². The number of thiazole rings is 1. The molecule has 1 N–H and O–H groups in total. The SMILES string of the molecule is c1ccc(-c2nc(C3CC3)c(CNC3CCCC3)s2)nc1. The lowest BCUT2D eigenvalue weighted by molar-refractivity contribution is 0.525. The Balaban J connectivity index is 1.55. The van der Waals surface area contributed by atoms with E-state index in [0.717, 1.165) is 23.3 Å². The maximum atomic E-state index is 4.90. The van der Waals surface area contributed by atoms with Crippen molar-refractivity contribution in [3.8, 4) is 10.7 Å². The normalized spacial score (nSPS) is 19.2. The predicted molar refractivity (Wildman–Crippen MR) is 86.4 cm³/mol. The quantitative estimate of drug-likeness (QED) is 0.902. The van der Waals surface area contributed by atoms with E-state index in [9.17, 15) is 0 Å². The van der Waals surface area contributed by atoms with Crippen molar-refractivity contribution in [2.75, 3.05) is 0 Å². The van der Waals surface area contributed by atoms with Crippen molar-refractivity contribution in [3.05, 3.63) is 35.0 Å². The van der Waals surface area contributed by atoms with Crippen LogP contribution in [0.25, 0.3) is 10.7 Å². The van der Waals surface area contributed by atoms with E-state index in [1.165, 1.54) is 49.1 Å². The number of pyridine rings is 1. The summed E-state index contributed by atoms with van der Waals surface area (Å²) < 4.78 is 0. The third-order valence-electron chi connectivity index (χ3n) is 4.48. The Kier molecular flexibility index (Phi) is 3.74. The molecule has 4 heteroatoms. The number of aromatic nitrogens is 2. The Labute approximate surface area is 129 Å². The van der Waals surface area contributed by atoms with Gasteiger partial charge in [-0.1, -0.05) is 18.9 Å². The fourth-order valence-corrected chi connectivity index (χ4v) is 4.21. The smallest absolute Gasteiger partial charge is 0.142 e. The molecule has 0 aromatic carbocycles. The zero-order valence-corrected chi connectivity index (χ0v) is 13.0. The third kappa shape index (κ3) is 3.01. The summed E-state index contributed by atoms with van der Waals surface area (Å²) in [7, 11) is 0. The maximum absolute atomic E-state index is 4.90. The van der Waals surface area contributed by atoms with Crippen molar-refractivity contribution in [2.24, 2.45) is 0 Å². The standard InChI is InChI=1S/C17H21N3S/c1-2-6-13(5-1)19-11-15-16(12-8-9-12)20-17(21-15)14-7-3-4-10-18-14/h3-4,7,10,12-13,19H,1-2,5-6,8-9,11H2. The molecule has 0 atom stereocenters. The molecule has 2 heterocycles.